The first kappa shape index (κ1) is 22.4. The average Bonchev–Trinajstić information content (AvgIpc) is 3.21. The van der Waals surface area contributed by atoms with Gasteiger partial charge in [-0.15, -0.1) is 0 Å². The van der Waals surface area contributed by atoms with Crippen LogP contribution in [0.3, 0.4) is 0 Å². The first-order chi connectivity index (χ1) is 17.7. The fourth-order valence-electron chi connectivity index (χ4n) is 5.92. The highest BCUT2D eigenvalue weighted by Crippen LogP contribution is 2.52. The Bertz CT molecular complexity index is 1570. The molecule has 10 heteroatoms. The Morgan fingerprint density at radius 1 is 1.19 bits per heavy atom. The molecule has 1 aliphatic heterocycles. The van der Waals surface area contributed by atoms with Crippen molar-refractivity contribution in [2.24, 2.45) is 13.0 Å². The van der Waals surface area contributed by atoms with Crippen LogP contribution >= 0.6 is 0 Å². The van der Waals surface area contributed by atoms with Gasteiger partial charge in [0, 0.05) is 65.5 Å². The molecule has 4 aromatic rings. The third kappa shape index (κ3) is 3.45. The van der Waals surface area contributed by atoms with Crippen molar-refractivity contribution >= 4 is 5.82 Å². The molecule has 7 rings (SSSR count). The maximum Gasteiger partial charge on any atom is 0.253 e. The molecule has 4 heterocycles. The Kier molecular flexibility index (Phi) is 4.59. The molecule has 2 bridgehead atoms. The summed E-state index contributed by atoms with van der Waals surface area (Å²) in [6, 6.07) is 6.41. The first-order valence-corrected chi connectivity index (χ1v) is 12.4. The van der Waals surface area contributed by atoms with E-state index in [4.69, 9.17) is 20.7 Å². The average molecular weight is 507 g/mol. The Balaban J connectivity index is 1.50. The highest BCUT2D eigenvalue weighted by atomic mass is 19.3. The molecular weight excluding hydrogens is 481 g/mol. The van der Waals surface area contributed by atoms with Gasteiger partial charge in [0.1, 0.15) is 11.9 Å². The summed E-state index contributed by atoms with van der Waals surface area (Å²) >= 11 is 0. The van der Waals surface area contributed by atoms with Crippen molar-refractivity contribution in [1.29, 1.82) is 0 Å². The van der Waals surface area contributed by atoms with Crippen LogP contribution in [-0.4, -0.2) is 30.5 Å². The van der Waals surface area contributed by atoms with E-state index in [2.05, 4.69) is 4.98 Å². The van der Waals surface area contributed by atoms with Crippen LogP contribution < -0.4 is 10.5 Å². The lowest BCUT2D eigenvalue weighted by Crippen LogP contribution is -2.12. The fourth-order valence-corrected chi connectivity index (χ4v) is 5.92. The van der Waals surface area contributed by atoms with Gasteiger partial charge in [0.15, 0.2) is 11.6 Å². The van der Waals surface area contributed by atoms with Gasteiger partial charge in [-0.3, -0.25) is 9.36 Å². The molecule has 2 aliphatic carbocycles. The Morgan fingerprint density at radius 2 is 2.00 bits per heavy atom. The summed E-state index contributed by atoms with van der Waals surface area (Å²) in [4.78, 5) is 4.38. The van der Waals surface area contributed by atoms with E-state index < -0.39 is 17.9 Å². The van der Waals surface area contributed by atoms with Crippen LogP contribution in [0.25, 0.3) is 22.5 Å². The standard InChI is InChI=1S/C27H25F3N6O/c1-13-19-8-16(28)3-4-18(19)24-20(12-35(2)34-24)17-5-6-21-23(17)25(14-7-22(37-13)26(31)32-10-14)36(33-21)11-15-9-27(15,29)30/h3-4,7-8,10,12-13,15,17H,5-6,9,11H2,1-2H3,(H2,31,32)/t13-,15?,17?/m1/s1. The van der Waals surface area contributed by atoms with Gasteiger partial charge in [0.05, 0.1) is 23.6 Å². The molecule has 37 heavy (non-hydrogen) atoms. The van der Waals surface area contributed by atoms with Crippen molar-refractivity contribution in [3.05, 3.63) is 64.9 Å². The van der Waals surface area contributed by atoms with Crippen molar-refractivity contribution in [2.75, 3.05) is 5.73 Å². The van der Waals surface area contributed by atoms with Gasteiger partial charge in [0.25, 0.3) is 5.92 Å². The number of nitrogens with zero attached hydrogens (tertiary/aromatic N) is 5. The minimum Gasteiger partial charge on any atom is -0.482 e. The van der Waals surface area contributed by atoms with E-state index in [1.54, 1.807) is 27.7 Å². The zero-order valence-electron chi connectivity index (χ0n) is 20.4. The lowest BCUT2D eigenvalue weighted by Gasteiger charge is -2.22. The van der Waals surface area contributed by atoms with Crippen molar-refractivity contribution in [2.45, 2.75) is 50.7 Å². The second-order valence-corrected chi connectivity index (χ2v) is 10.4. The molecule has 0 amide bonds. The number of aromatic nitrogens is 5. The number of rotatable bonds is 2. The van der Waals surface area contributed by atoms with E-state index in [-0.39, 0.29) is 30.5 Å². The van der Waals surface area contributed by atoms with E-state index in [0.29, 0.717) is 23.3 Å². The molecular formula is C27H25F3N6O. The normalized spacial score (nSPS) is 22.8. The van der Waals surface area contributed by atoms with Crippen molar-refractivity contribution in [1.82, 2.24) is 24.5 Å². The topological polar surface area (TPSA) is 83.8 Å². The molecule has 1 aromatic carbocycles. The summed E-state index contributed by atoms with van der Waals surface area (Å²) in [6.45, 7) is 1.96. The van der Waals surface area contributed by atoms with E-state index in [0.717, 1.165) is 40.2 Å². The number of halogens is 3. The number of hydrogen-bond donors (Lipinski definition) is 1. The molecule has 3 aromatic heterocycles. The molecule has 2 N–H and O–H groups in total. The summed E-state index contributed by atoms with van der Waals surface area (Å²) in [6.07, 6.45) is 4.46. The summed E-state index contributed by atoms with van der Waals surface area (Å²) in [5.41, 5.74) is 12.7. The Morgan fingerprint density at radius 3 is 2.78 bits per heavy atom. The zero-order chi connectivity index (χ0) is 25.6. The smallest absolute Gasteiger partial charge is 0.253 e. The molecule has 7 nitrogen and oxygen atoms in total. The predicted molar refractivity (Wildman–Crippen MR) is 131 cm³/mol. The summed E-state index contributed by atoms with van der Waals surface area (Å²) in [5.74, 6) is -3.30. The van der Waals surface area contributed by atoms with Crippen LogP contribution in [0.1, 0.15) is 54.2 Å². The molecule has 3 atom stereocenters. The van der Waals surface area contributed by atoms with Crippen molar-refractivity contribution in [3.8, 4) is 28.3 Å². The molecule has 0 saturated heterocycles. The van der Waals surface area contributed by atoms with Gasteiger partial charge in [-0.1, -0.05) is 0 Å². The number of hydrogen-bond acceptors (Lipinski definition) is 5. The molecule has 190 valence electrons. The van der Waals surface area contributed by atoms with E-state index in [1.165, 1.54) is 12.1 Å². The maximum absolute atomic E-state index is 14.4. The molecule has 1 saturated carbocycles. The van der Waals surface area contributed by atoms with Crippen LogP contribution in [0.2, 0.25) is 0 Å². The second-order valence-electron chi connectivity index (χ2n) is 10.4. The van der Waals surface area contributed by atoms with Crippen LogP contribution in [0.4, 0.5) is 19.0 Å². The predicted octanol–water partition coefficient (Wildman–Crippen LogP) is 5.25. The molecule has 1 fully saturated rings. The minimum atomic E-state index is -2.66. The number of pyridine rings is 1. The van der Waals surface area contributed by atoms with Crippen LogP contribution in [-0.2, 0) is 20.0 Å². The minimum absolute atomic E-state index is 0.0586. The molecule has 3 aliphatic rings. The highest BCUT2D eigenvalue weighted by molar-refractivity contribution is 5.74. The van der Waals surface area contributed by atoms with E-state index in [9.17, 15) is 13.2 Å². The van der Waals surface area contributed by atoms with E-state index in [1.807, 2.05) is 20.2 Å². The maximum atomic E-state index is 14.4. The van der Waals surface area contributed by atoms with Gasteiger partial charge < -0.3 is 10.5 Å². The quantitative estimate of drug-likeness (QED) is 0.401. The summed E-state index contributed by atoms with van der Waals surface area (Å²) in [7, 11) is 1.86. The molecule has 0 spiro atoms. The van der Waals surface area contributed by atoms with Gasteiger partial charge in [-0.05, 0) is 44.0 Å². The number of aryl methyl sites for hydroxylation is 2. The number of nitrogens with two attached hydrogens (primary N) is 1. The van der Waals surface area contributed by atoms with Crippen LogP contribution in [0.15, 0.2) is 36.7 Å². The number of ether oxygens (including phenoxy) is 1. The zero-order valence-corrected chi connectivity index (χ0v) is 20.4. The van der Waals surface area contributed by atoms with Crippen LogP contribution in [0.5, 0.6) is 5.75 Å². The lowest BCUT2D eigenvalue weighted by molar-refractivity contribution is 0.0943. The molecule has 2 unspecified atom stereocenters. The number of alkyl halides is 2. The largest absolute Gasteiger partial charge is 0.482 e. The van der Waals surface area contributed by atoms with Crippen molar-refractivity contribution in [3.63, 3.8) is 0 Å². The SMILES string of the molecule is C[C@H]1Oc2cc(cnc2N)-c2c3c(nn2CC2CC2(F)F)CCC3c2cn(C)nc2-c2ccc(F)cc21. The number of anilines is 1. The van der Waals surface area contributed by atoms with E-state index >= 15 is 0 Å². The lowest BCUT2D eigenvalue weighted by atomic mass is 9.88. The van der Waals surface area contributed by atoms with Gasteiger partial charge in [-0.25, -0.2) is 18.2 Å². The third-order valence-electron chi connectivity index (χ3n) is 7.83. The first-order valence-electron chi connectivity index (χ1n) is 12.4. The van der Waals surface area contributed by atoms with Gasteiger partial charge >= 0.3 is 0 Å². The Hall–Kier alpha value is -3.82. The monoisotopic (exact) mass is 506 g/mol. The van der Waals surface area contributed by atoms with Gasteiger partial charge in [-0.2, -0.15) is 10.2 Å². The highest BCUT2D eigenvalue weighted by Gasteiger charge is 2.57. The summed E-state index contributed by atoms with van der Waals surface area (Å²) in [5, 5.41) is 9.61. The summed E-state index contributed by atoms with van der Waals surface area (Å²) < 4.78 is 52.0. The number of fused-ring (bicyclic) bond motifs is 7. The third-order valence-corrected chi connectivity index (χ3v) is 7.83. The van der Waals surface area contributed by atoms with Gasteiger partial charge in [0.2, 0.25) is 0 Å². The number of nitrogen functional groups attached to an aromatic ring is 1. The molecule has 0 radical (unpaired) electrons. The van der Waals surface area contributed by atoms with Crippen molar-refractivity contribution < 1.29 is 17.9 Å². The van der Waals surface area contributed by atoms with Crippen LogP contribution in [0, 0.1) is 11.7 Å². The number of benzene rings is 1. The Labute approximate surface area is 211 Å². The fraction of sp³-hybridized carbons (Fsp3) is 0.370. The second kappa shape index (κ2) is 7.60.